The summed E-state index contributed by atoms with van der Waals surface area (Å²) >= 11 is 1.85. The Kier molecular flexibility index (Phi) is 4.49. The molecule has 1 saturated carbocycles. The van der Waals surface area contributed by atoms with Crippen LogP contribution < -0.4 is 10.6 Å². The van der Waals surface area contributed by atoms with Gasteiger partial charge in [0.15, 0.2) is 0 Å². The van der Waals surface area contributed by atoms with Crippen molar-refractivity contribution in [1.29, 1.82) is 0 Å². The quantitative estimate of drug-likeness (QED) is 0.864. The molecule has 6 nitrogen and oxygen atoms in total. The summed E-state index contributed by atoms with van der Waals surface area (Å²) < 4.78 is 5.39. The van der Waals surface area contributed by atoms with Gasteiger partial charge in [-0.1, -0.05) is 18.0 Å². The van der Waals surface area contributed by atoms with E-state index in [-0.39, 0.29) is 22.5 Å². The zero-order valence-electron chi connectivity index (χ0n) is 12.4. The Morgan fingerprint density at radius 1 is 1.48 bits per heavy atom. The number of hydrogen-bond donors (Lipinski definition) is 2. The Bertz CT molecular complexity index is 493. The first kappa shape index (κ1) is 14.8. The highest BCUT2D eigenvalue weighted by Crippen LogP contribution is 2.39. The monoisotopic (exact) mass is 310 g/mol. The zero-order valence-corrected chi connectivity index (χ0v) is 13.2. The molecule has 0 aromatic carbocycles. The summed E-state index contributed by atoms with van der Waals surface area (Å²) in [5, 5.41) is 10.1. The maximum absolute atomic E-state index is 12.2. The minimum atomic E-state index is -0.233. The van der Waals surface area contributed by atoms with Crippen LogP contribution in [0.4, 0.5) is 0 Å². The first-order chi connectivity index (χ1) is 10.2. The van der Waals surface area contributed by atoms with Crippen molar-refractivity contribution in [3.05, 3.63) is 11.7 Å². The van der Waals surface area contributed by atoms with E-state index in [0.717, 1.165) is 32.2 Å². The Morgan fingerprint density at radius 3 is 2.95 bits per heavy atom. The molecule has 2 aliphatic rings. The number of nitrogens with zero attached hydrogens (tertiary/aromatic N) is 2. The topological polar surface area (TPSA) is 80.0 Å². The average molecular weight is 310 g/mol. The number of nitrogens with one attached hydrogen (secondary N) is 2. The van der Waals surface area contributed by atoms with Crippen molar-refractivity contribution in [3.63, 3.8) is 0 Å². The van der Waals surface area contributed by atoms with Gasteiger partial charge in [-0.05, 0) is 38.5 Å². The number of hydrogen-bond acceptors (Lipinski definition) is 6. The largest absolute Gasteiger partial charge is 0.348 e. The van der Waals surface area contributed by atoms with E-state index in [9.17, 15) is 4.79 Å². The first-order valence-electron chi connectivity index (χ1n) is 7.63. The molecule has 1 aromatic heterocycles. The molecule has 1 atom stereocenters. The van der Waals surface area contributed by atoms with E-state index in [1.165, 1.54) is 12.8 Å². The molecule has 0 spiro atoms. The molecule has 116 valence electrons. The lowest BCUT2D eigenvalue weighted by Crippen LogP contribution is -2.38. The van der Waals surface area contributed by atoms with Crippen molar-refractivity contribution in [2.24, 2.45) is 0 Å². The fourth-order valence-electron chi connectivity index (χ4n) is 3.16. The summed E-state index contributed by atoms with van der Waals surface area (Å²) in [4.78, 5) is 16.4. The molecular weight excluding hydrogens is 288 g/mol. The van der Waals surface area contributed by atoms with Crippen LogP contribution in [0.15, 0.2) is 4.52 Å². The number of amides is 1. The molecule has 1 aromatic rings. The van der Waals surface area contributed by atoms with Gasteiger partial charge in [-0.25, -0.2) is 0 Å². The predicted octanol–water partition coefficient (Wildman–Crippen LogP) is 1.90. The van der Waals surface area contributed by atoms with Gasteiger partial charge in [-0.3, -0.25) is 4.79 Å². The second-order valence-corrected chi connectivity index (χ2v) is 7.16. The molecule has 1 unspecified atom stereocenters. The fourth-order valence-corrected chi connectivity index (χ4v) is 4.07. The summed E-state index contributed by atoms with van der Waals surface area (Å²) in [6, 6.07) is 0.103. The summed E-state index contributed by atoms with van der Waals surface area (Å²) in [6.45, 7) is 1.64. The van der Waals surface area contributed by atoms with Crippen molar-refractivity contribution < 1.29 is 9.32 Å². The molecule has 0 bridgehead atoms. The van der Waals surface area contributed by atoms with Crippen LogP contribution in [0.5, 0.6) is 0 Å². The molecule has 7 heteroatoms. The molecule has 2 heterocycles. The molecule has 1 amide bonds. The van der Waals surface area contributed by atoms with Gasteiger partial charge in [0.1, 0.15) is 0 Å². The van der Waals surface area contributed by atoms with Crippen LogP contribution in [0.1, 0.15) is 61.1 Å². The number of aromatic nitrogens is 2. The summed E-state index contributed by atoms with van der Waals surface area (Å²) in [5.41, 5.74) is 0. The van der Waals surface area contributed by atoms with Crippen LogP contribution in [0, 0.1) is 0 Å². The van der Waals surface area contributed by atoms with Crippen molar-refractivity contribution in [1.82, 2.24) is 20.8 Å². The van der Waals surface area contributed by atoms with E-state index in [0.29, 0.717) is 12.4 Å². The first-order valence-corrected chi connectivity index (χ1v) is 8.85. The smallest absolute Gasteiger partial charge is 0.292 e. The van der Waals surface area contributed by atoms with E-state index < -0.39 is 0 Å². The van der Waals surface area contributed by atoms with Crippen LogP contribution in [0.3, 0.4) is 0 Å². The molecule has 0 radical (unpaired) electrons. The van der Waals surface area contributed by atoms with Gasteiger partial charge in [-0.2, -0.15) is 16.7 Å². The lowest BCUT2D eigenvalue weighted by atomic mass is 10.1. The zero-order chi connectivity index (χ0) is 14.7. The normalized spacial score (nSPS) is 24.3. The third-order valence-electron chi connectivity index (χ3n) is 4.52. The van der Waals surface area contributed by atoms with Crippen LogP contribution in [0.2, 0.25) is 0 Å². The Balaban J connectivity index is 1.57. The lowest BCUT2D eigenvalue weighted by Gasteiger charge is -2.26. The van der Waals surface area contributed by atoms with E-state index in [1.807, 2.05) is 11.8 Å². The van der Waals surface area contributed by atoms with Crippen molar-refractivity contribution >= 4 is 17.7 Å². The molecule has 1 saturated heterocycles. The Morgan fingerprint density at radius 2 is 2.29 bits per heavy atom. The molecule has 2 N–H and O–H groups in total. The SMILES string of the molecule is CSC1(CNC(=O)c2noc(C3CCCN3)n2)CCCC1. The average Bonchev–Trinajstić information content (AvgIpc) is 3.25. The third-order valence-corrected chi connectivity index (χ3v) is 5.94. The number of carbonyl (C=O) groups is 1. The Hall–Kier alpha value is -1.08. The van der Waals surface area contributed by atoms with Gasteiger partial charge in [0.25, 0.3) is 11.7 Å². The van der Waals surface area contributed by atoms with E-state index >= 15 is 0 Å². The van der Waals surface area contributed by atoms with Gasteiger partial charge < -0.3 is 15.2 Å². The molecular formula is C14H22N4O2S. The molecule has 21 heavy (non-hydrogen) atoms. The lowest BCUT2D eigenvalue weighted by molar-refractivity contribution is 0.0936. The Labute approximate surface area is 128 Å². The number of carbonyl (C=O) groups excluding carboxylic acids is 1. The second kappa shape index (κ2) is 6.36. The number of rotatable bonds is 5. The van der Waals surface area contributed by atoms with Crippen molar-refractivity contribution in [3.8, 4) is 0 Å². The maximum atomic E-state index is 12.2. The third kappa shape index (κ3) is 3.23. The van der Waals surface area contributed by atoms with Gasteiger partial charge in [0, 0.05) is 11.3 Å². The minimum Gasteiger partial charge on any atom is -0.348 e. The summed E-state index contributed by atoms with van der Waals surface area (Å²) in [5.74, 6) is 0.439. The molecule has 3 rings (SSSR count). The second-order valence-electron chi connectivity index (χ2n) is 5.88. The van der Waals surface area contributed by atoms with Gasteiger partial charge in [0.2, 0.25) is 5.89 Å². The van der Waals surface area contributed by atoms with Crippen molar-refractivity contribution in [2.75, 3.05) is 19.3 Å². The van der Waals surface area contributed by atoms with Gasteiger partial charge in [0.05, 0.1) is 6.04 Å². The highest BCUT2D eigenvalue weighted by molar-refractivity contribution is 8.00. The van der Waals surface area contributed by atoms with Crippen molar-refractivity contribution in [2.45, 2.75) is 49.3 Å². The highest BCUT2D eigenvalue weighted by atomic mass is 32.2. The van der Waals surface area contributed by atoms with Crippen LogP contribution >= 0.6 is 11.8 Å². The number of thioether (sulfide) groups is 1. The molecule has 1 aliphatic carbocycles. The van der Waals surface area contributed by atoms with Gasteiger partial charge >= 0.3 is 0 Å². The van der Waals surface area contributed by atoms with E-state index in [2.05, 4.69) is 27.0 Å². The molecule has 1 aliphatic heterocycles. The standard InChI is InChI=1S/C14H22N4O2S/c1-21-14(6-2-3-7-14)9-16-12(19)11-17-13(20-18-11)10-5-4-8-15-10/h10,15H,2-9H2,1H3,(H,16,19). The van der Waals surface area contributed by atoms with Crippen LogP contribution in [-0.4, -0.2) is 40.1 Å². The van der Waals surface area contributed by atoms with Crippen LogP contribution in [-0.2, 0) is 0 Å². The minimum absolute atomic E-state index is 0.103. The molecule has 2 fully saturated rings. The highest BCUT2D eigenvalue weighted by Gasteiger charge is 2.34. The maximum Gasteiger partial charge on any atom is 0.292 e. The van der Waals surface area contributed by atoms with E-state index in [1.54, 1.807) is 0 Å². The van der Waals surface area contributed by atoms with Gasteiger partial charge in [-0.15, -0.1) is 0 Å². The predicted molar refractivity (Wildman–Crippen MR) is 81.3 cm³/mol. The van der Waals surface area contributed by atoms with E-state index in [4.69, 9.17) is 4.52 Å². The summed E-state index contributed by atoms with van der Waals surface area (Å²) in [7, 11) is 0. The van der Waals surface area contributed by atoms with Crippen LogP contribution in [0.25, 0.3) is 0 Å². The summed E-state index contributed by atoms with van der Waals surface area (Å²) in [6.07, 6.45) is 9.03. The fraction of sp³-hybridized carbons (Fsp3) is 0.786.